The fourth-order valence-electron chi connectivity index (χ4n) is 7.46. The molecule has 0 aliphatic heterocycles. The van der Waals surface area contributed by atoms with Crippen molar-refractivity contribution in [1.29, 1.82) is 0 Å². The first-order valence-electron chi connectivity index (χ1n) is 18.3. The molecular formula is C47H31N3. The Kier molecular flexibility index (Phi) is 5.73. The van der Waals surface area contributed by atoms with E-state index in [9.17, 15) is 0 Å². The maximum Gasteiger partial charge on any atom is 0.160 e. The third kappa shape index (κ3) is 4.59. The number of fused-ring (bicyclic) bond motifs is 6. The van der Waals surface area contributed by atoms with Gasteiger partial charge >= 0.3 is 0 Å². The standard InChI is InChI=1S/C47H31N3/c1-30-21-23-38-40-19-10-20-41-39-24-22-36(28-45(39)50(46(40)41)44(38)25-30)34-16-8-15-33(26-34)35-17-9-18-37(27-35)43-29-42(31-11-4-2-5-12-31)48-47(49-43)32-13-6-3-7-14-32/h2-29H,1H3/i1D3. The van der Waals surface area contributed by atoms with Gasteiger partial charge in [-0.3, -0.25) is 0 Å². The highest BCUT2D eigenvalue weighted by Gasteiger charge is 2.18. The fraction of sp³-hybridized carbons (Fsp3) is 0.0213. The summed E-state index contributed by atoms with van der Waals surface area (Å²) in [5.74, 6) is 0.690. The zero-order valence-corrected chi connectivity index (χ0v) is 27.0. The van der Waals surface area contributed by atoms with E-state index in [0.29, 0.717) is 11.4 Å². The molecule has 3 aromatic heterocycles. The van der Waals surface area contributed by atoms with Gasteiger partial charge in [-0.2, -0.15) is 0 Å². The van der Waals surface area contributed by atoms with E-state index in [1.807, 2.05) is 60.7 Å². The monoisotopic (exact) mass is 640 g/mol. The van der Waals surface area contributed by atoms with Crippen molar-refractivity contribution in [3.63, 3.8) is 0 Å². The van der Waals surface area contributed by atoms with Crippen LogP contribution in [0.4, 0.5) is 0 Å². The van der Waals surface area contributed by atoms with Gasteiger partial charge in [-0.1, -0.05) is 140 Å². The summed E-state index contributed by atoms with van der Waals surface area (Å²) >= 11 is 0. The van der Waals surface area contributed by atoms with E-state index in [1.54, 1.807) is 6.07 Å². The number of aryl methyl sites for hydroxylation is 1. The van der Waals surface area contributed by atoms with Crippen molar-refractivity contribution < 1.29 is 4.11 Å². The van der Waals surface area contributed by atoms with Crippen molar-refractivity contribution in [3.8, 4) is 56.2 Å². The van der Waals surface area contributed by atoms with Crippen LogP contribution in [0.3, 0.4) is 0 Å². The van der Waals surface area contributed by atoms with Gasteiger partial charge in [0.1, 0.15) is 0 Å². The smallest absolute Gasteiger partial charge is 0.160 e. The molecule has 0 saturated heterocycles. The molecule has 0 atom stereocenters. The minimum Gasteiger partial charge on any atom is -0.308 e. The summed E-state index contributed by atoms with van der Waals surface area (Å²) in [6, 6.07) is 58.2. The molecule has 0 aliphatic rings. The van der Waals surface area contributed by atoms with E-state index in [0.717, 1.165) is 88.4 Å². The number of benzene rings is 7. The summed E-state index contributed by atoms with van der Waals surface area (Å²) in [5.41, 5.74) is 12.6. The molecule has 3 nitrogen and oxygen atoms in total. The van der Waals surface area contributed by atoms with E-state index in [4.69, 9.17) is 14.1 Å². The fourth-order valence-corrected chi connectivity index (χ4v) is 7.46. The maximum atomic E-state index is 8.08. The van der Waals surface area contributed by atoms with E-state index in [1.165, 1.54) is 0 Å². The van der Waals surface area contributed by atoms with Gasteiger partial charge in [0.05, 0.1) is 27.9 Å². The lowest BCUT2D eigenvalue weighted by Crippen LogP contribution is -1.96. The van der Waals surface area contributed by atoms with Crippen molar-refractivity contribution in [1.82, 2.24) is 14.4 Å². The maximum absolute atomic E-state index is 8.08. The Morgan fingerprint density at radius 1 is 0.400 bits per heavy atom. The number of hydrogen-bond acceptors (Lipinski definition) is 2. The molecule has 10 rings (SSSR count). The Bertz CT molecular complexity index is 2930. The molecule has 0 bridgehead atoms. The predicted molar refractivity (Wildman–Crippen MR) is 209 cm³/mol. The Morgan fingerprint density at radius 3 is 1.60 bits per heavy atom. The molecule has 234 valence electrons. The van der Waals surface area contributed by atoms with Gasteiger partial charge in [-0.05, 0) is 65.0 Å². The summed E-state index contributed by atoms with van der Waals surface area (Å²) in [4.78, 5) is 10.0. The highest BCUT2D eigenvalue weighted by Crippen LogP contribution is 2.41. The van der Waals surface area contributed by atoms with Crippen molar-refractivity contribution in [3.05, 3.63) is 175 Å². The number of nitrogens with zero attached hydrogens (tertiary/aromatic N) is 3. The summed E-state index contributed by atoms with van der Waals surface area (Å²) < 4.78 is 26.5. The van der Waals surface area contributed by atoms with Gasteiger partial charge in [0.2, 0.25) is 0 Å². The van der Waals surface area contributed by atoms with Gasteiger partial charge in [-0.25, -0.2) is 9.97 Å². The minimum atomic E-state index is -2.18. The van der Waals surface area contributed by atoms with E-state index in [-0.39, 0.29) is 0 Å². The van der Waals surface area contributed by atoms with E-state index < -0.39 is 6.85 Å². The first-order chi connectivity index (χ1) is 25.9. The molecule has 0 radical (unpaired) electrons. The zero-order chi connectivity index (χ0) is 35.7. The van der Waals surface area contributed by atoms with Crippen LogP contribution in [0.15, 0.2) is 170 Å². The molecule has 3 heterocycles. The summed E-state index contributed by atoms with van der Waals surface area (Å²) in [6.07, 6.45) is 0. The molecule has 0 fully saturated rings. The first-order valence-corrected chi connectivity index (χ1v) is 16.8. The van der Waals surface area contributed by atoms with Crippen LogP contribution in [0.25, 0.3) is 94.3 Å². The van der Waals surface area contributed by atoms with Crippen LogP contribution in [0, 0.1) is 6.85 Å². The summed E-state index contributed by atoms with van der Waals surface area (Å²) in [5, 5.41) is 4.50. The van der Waals surface area contributed by atoms with Crippen molar-refractivity contribution >= 4 is 38.1 Å². The highest BCUT2D eigenvalue weighted by molar-refractivity contribution is 6.23. The zero-order valence-electron chi connectivity index (χ0n) is 30.0. The van der Waals surface area contributed by atoms with Gasteiger partial charge < -0.3 is 4.40 Å². The average Bonchev–Trinajstić information content (AvgIpc) is 3.73. The predicted octanol–water partition coefficient (Wildman–Crippen LogP) is 12.3. The number of aromatic nitrogens is 3. The lowest BCUT2D eigenvalue weighted by molar-refractivity contribution is 1.18. The van der Waals surface area contributed by atoms with Gasteiger partial charge in [0, 0.05) is 42.3 Å². The molecule has 0 spiro atoms. The normalized spacial score (nSPS) is 12.8. The van der Waals surface area contributed by atoms with Gasteiger partial charge in [0.15, 0.2) is 5.82 Å². The molecule has 0 N–H and O–H groups in total. The topological polar surface area (TPSA) is 30.2 Å². The Balaban J connectivity index is 1.08. The minimum absolute atomic E-state index is 0.347. The number of rotatable bonds is 5. The quantitative estimate of drug-likeness (QED) is 0.187. The molecule has 0 unspecified atom stereocenters. The second kappa shape index (κ2) is 11.3. The van der Waals surface area contributed by atoms with Crippen molar-refractivity contribution in [2.75, 3.05) is 0 Å². The van der Waals surface area contributed by atoms with Gasteiger partial charge in [-0.15, -0.1) is 0 Å². The molecule has 10 aromatic rings. The Hall–Kier alpha value is -6.58. The molecule has 3 heteroatoms. The van der Waals surface area contributed by atoms with Crippen LogP contribution < -0.4 is 0 Å². The lowest BCUT2D eigenvalue weighted by Gasteiger charge is -2.11. The molecule has 7 aromatic carbocycles. The van der Waals surface area contributed by atoms with E-state index in [2.05, 4.69) is 108 Å². The third-order valence-corrected chi connectivity index (χ3v) is 9.83. The second-order valence-corrected chi connectivity index (χ2v) is 12.9. The molecule has 0 saturated carbocycles. The second-order valence-electron chi connectivity index (χ2n) is 12.9. The van der Waals surface area contributed by atoms with Crippen molar-refractivity contribution in [2.24, 2.45) is 0 Å². The summed E-state index contributed by atoms with van der Waals surface area (Å²) in [6.45, 7) is -2.18. The number of para-hydroxylation sites is 1. The molecule has 0 amide bonds. The van der Waals surface area contributed by atoms with Crippen LogP contribution in [-0.2, 0) is 0 Å². The Morgan fingerprint density at radius 2 is 0.920 bits per heavy atom. The largest absolute Gasteiger partial charge is 0.308 e. The van der Waals surface area contributed by atoms with Crippen LogP contribution in [0.1, 0.15) is 9.68 Å². The van der Waals surface area contributed by atoms with Crippen LogP contribution in [0.2, 0.25) is 0 Å². The Labute approximate surface area is 294 Å². The lowest BCUT2D eigenvalue weighted by atomic mass is 9.96. The van der Waals surface area contributed by atoms with Gasteiger partial charge in [0.25, 0.3) is 0 Å². The summed E-state index contributed by atoms with van der Waals surface area (Å²) in [7, 11) is 0. The van der Waals surface area contributed by atoms with E-state index >= 15 is 0 Å². The third-order valence-electron chi connectivity index (χ3n) is 9.83. The molecule has 0 aliphatic carbocycles. The van der Waals surface area contributed by atoms with Crippen LogP contribution >= 0.6 is 0 Å². The average molecular weight is 641 g/mol. The highest BCUT2D eigenvalue weighted by atomic mass is 14.9. The van der Waals surface area contributed by atoms with Crippen LogP contribution in [-0.4, -0.2) is 14.4 Å². The first kappa shape index (κ1) is 25.4. The SMILES string of the molecule is [2H]C([2H])([2H])c1ccc2c3cccc4c5ccc(-c6cccc(-c7cccc(-c8cc(-c9ccccc9)nc(-c9ccccc9)n8)c7)c6)cc5n(c2c1)c43. The number of hydrogen-bond donors (Lipinski definition) is 0. The van der Waals surface area contributed by atoms with Crippen molar-refractivity contribution in [2.45, 2.75) is 6.85 Å². The van der Waals surface area contributed by atoms with Crippen LogP contribution in [0.5, 0.6) is 0 Å². The molecule has 50 heavy (non-hydrogen) atoms. The molecular weight excluding hydrogens is 607 g/mol.